The van der Waals surface area contributed by atoms with Gasteiger partial charge in [0.2, 0.25) is 5.88 Å². The van der Waals surface area contributed by atoms with Crippen molar-refractivity contribution in [2.24, 2.45) is 0 Å². The van der Waals surface area contributed by atoms with E-state index in [4.69, 9.17) is 9.84 Å². The zero-order valence-electron chi connectivity index (χ0n) is 10.8. The lowest BCUT2D eigenvalue weighted by atomic mass is 10.2. The maximum Gasteiger partial charge on any atom is 0.341 e. The van der Waals surface area contributed by atoms with Crippen molar-refractivity contribution in [3.05, 3.63) is 27.9 Å². The Hall–Kier alpha value is -2.22. The van der Waals surface area contributed by atoms with Crippen molar-refractivity contribution >= 4 is 11.7 Å². The lowest BCUT2D eigenvalue weighted by molar-refractivity contribution is -0.385. The maximum atomic E-state index is 11.1. The molecule has 2 rings (SSSR count). The van der Waals surface area contributed by atoms with Gasteiger partial charge in [-0.1, -0.05) is 0 Å². The average molecular weight is 281 g/mol. The smallest absolute Gasteiger partial charge is 0.341 e. The van der Waals surface area contributed by atoms with Crippen LogP contribution in [-0.4, -0.2) is 52.1 Å². The predicted molar refractivity (Wildman–Crippen MR) is 69.0 cm³/mol. The van der Waals surface area contributed by atoms with Gasteiger partial charge in [-0.25, -0.2) is 9.78 Å². The Morgan fingerprint density at radius 2 is 2.20 bits per heavy atom. The van der Waals surface area contributed by atoms with Crippen LogP contribution < -0.4 is 4.74 Å². The Labute approximate surface area is 115 Å². The maximum absolute atomic E-state index is 11.1. The van der Waals surface area contributed by atoms with Crippen molar-refractivity contribution in [3.63, 3.8) is 0 Å². The lowest BCUT2D eigenvalue weighted by Gasteiger charge is -2.15. The number of aromatic carboxylic acids is 1. The number of carbonyl (C=O) groups is 1. The first kappa shape index (κ1) is 14.2. The number of hydrogen-bond donors (Lipinski definition) is 1. The van der Waals surface area contributed by atoms with Crippen molar-refractivity contribution in [2.75, 3.05) is 26.2 Å². The van der Waals surface area contributed by atoms with E-state index in [1.54, 1.807) is 0 Å². The van der Waals surface area contributed by atoms with E-state index in [0.717, 1.165) is 38.2 Å². The van der Waals surface area contributed by atoms with Crippen LogP contribution in [0.3, 0.4) is 0 Å². The summed E-state index contributed by atoms with van der Waals surface area (Å²) in [5.74, 6) is -1.38. The first-order valence-electron chi connectivity index (χ1n) is 6.31. The second-order valence-electron chi connectivity index (χ2n) is 4.51. The lowest BCUT2D eigenvalue weighted by Crippen LogP contribution is -2.25. The molecular weight excluding hydrogens is 266 g/mol. The summed E-state index contributed by atoms with van der Waals surface area (Å²) in [6.45, 7) is 3.04. The molecule has 0 atom stereocenters. The van der Waals surface area contributed by atoms with Crippen molar-refractivity contribution in [3.8, 4) is 5.88 Å². The molecule has 1 aromatic heterocycles. The third kappa shape index (κ3) is 3.41. The molecule has 1 saturated heterocycles. The SMILES string of the molecule is O=C(O)c1cc([N+](=O)[O-])cnc1OCCN1CCCC1. The van der Waals surface area contributed by atoms with E-state index in [-0.39, 0.29) is 17.1 Å². The molecule has 0 radical (unpaired) electrons. The Kier molecular flexibility index (Phi) is 4.46. The number of nitro groups is 1. The average Bonchev–Trinajstić information content (AvgIpc) is 2.91. The molecule has 20 heavy (non-hydrogen) atoms. The number of ether oxygens (including phenoxy) is 1. The topological polar surface area (TPSA) is 106 Å². The van der Waals surface area contributed by atoms with E-state index in [1.807, 2.05) is 0 Å². The number of nitrogens with zero attached hydrogens (tertiary/aromatic N) is 3. The quantitative estimate of drug-likeness (QED) is 0.616. The third-order valence-electron chi connectivity index (χ3n) is 3.12. The fourth-order valence-corrected chi connectivity index (χ4v) is 2.09. The summed E-state index contributed by atoms with van der Waals surface area (Å²) in [6, 6.07) is 0.959. The highest BCUT2D eigenvalue weighted by molar-refractivity contribution is 5.90. The third-order valence-corrected chi connectivity index (χ3v) is 3.12. The molecule has 0 amide bonds. The molecule has 1 fully saturated rings. The molecule has 0 saturated carbocycles. The normalized spacial score (nSPS) is 15.2. The van der Waals surface area contributed by atoms with Crippen LogP contribution >= 0.6 is 0 Å². The Balaban J connectivity index is 2.02. The summed E-state index contributed by atoms with van der Waals surface area (Å²) in [5, 5.41) is 19.6. The van der Waals surface area contributed by atoms with Gasteiger partial charge in [-0.2, -0.15) is 0 Å². The molecule has 0 aromatic carbocycles. The van der Waals surface area contributed by atoms with Gasteiger partial charge in [-0.3, -0.25) is 15.0 Å². The molecule has 108 valence electrons. The first-order valence-corrected chi connectivity index (χ1v) is 6.31. The fourth-order valence-electron chi connectivity index (χ4n) is 2.09. The minimum Gasteiger partial charge on any atom is -0.477 e. The molecule has 0 spiro atoms. The number of rotatable bonds is 6. The first-order chi connectivity index (χ1) is 9.58. The molecule has 1 aliphatic rings. The van der Waals surface area contributed by atoms with Crippen molar-refractivity contribution < 1.29 is 19.6 Å². The molecule has 1 N–H and O–H groups in total. The number of aromatic nitrogens is 1. The largest absolute Gasteiger partial charge is 0.477 e. The highest BCUT2D eigenvalue weighted by Crippen LogP contribution is 2.21. The van der Waals surface area contributed by atoms with Gasteiger partial charge in [0.15, 0.2) is 0 Å². The zero-order valence-corrected chi connectivity index (χ0v) is 10.8. The summed E-state index contributed by atoms with van der Waals surface area (Å²) in [5.41, 5.74) is -0.657. The van der Waals surface area contributed by atoms with E-state index in [1.165, 1.54) is 0 Å². The summed E-state index contributed by atoms with van der Waals surface area (Å²) >= 11 is 0. The van der Waals surface area contributed by atoms with E-state index in [0.29, 0.717) is 13.2 Å². The van der Waals surface area contributed by atoms with Gasteiger partial charge in [0.25, 0.3) is 5.69 Å². The van der Waals surface area contributed by atoms with E-state index < -0.39 is 10.9 Å². The number of hydrogen-bond acceptors (Lipinski definition) is 6. The predicted octanol–water partition coefficient (Wildman–Crippen LogP) is 1.16. The zero-order chi connectivity index (χ0) is 14.5. The standard InChI is InChI=1S/C12H15N3O5/c16-12(17)10-7-9(15(18)19)8-13-11(10)20-6-5-14-3-1-2-4-14/h7-8H,1-6H2,(H,16,17). The highest BCUT2D eigenvalue weighted by atomic mass is 16.6. The molecule has 2 heterocycles. The molecule has 1 aromatic rings. The molecule has 0 bridgehead atoms. The Morgan fingerprint density at radius 1 is 1.50 bits per heavy atom. The number of pyridine rings is 1. The minimum atomic E-state index is -1.29. The van der Waals surface area contributed by atoms with Gasteiger partial charge in [-0.15, -0.1) is 0 Å². The van der Waals surface area contributed by atoms with Gasteiger partial charge in [0.05, 0.1) is 4.92 Å². The number of likely N-dealkylation sites (tertiary alicyclic amines) is 1. The van der Waals surface area contributed by atoms with Crippen LogP contribution in [0.1, 0.15) is 23.2 Å². The monoisotopic (exact) mass is 281 g/mol. The van der Waals surface area contributed by atoms with Crippen LogP contribution in [0.4, 0.5) is 5.69 Å². The van der Waals surface area contributed by atoms with Crippen LogP contribution in [0, 0.1) is 10.1 Å². The summed E-state index contributed by atoms with van der Waals surface area (Å²) in [6.07, 6.45) is 3.32. The van der Waals surface area contributed by atoms with Gasteiger partial charge in [-0.05, 0) is 25.9 Å². The van der Waals surface area contributed by atoms with Crippen molar-refractivity contribution in [2.45, 2.75) is 12.8 Å². The molecule has 1 aliphatic heterocycles. The van der Waals surface area contributed by atoms with Crippen LogP contribution in [0.2, 0.25) is 0 Å². The summed E-state index contributed by atoms with van der Waals surface area (Å²) < 4.78 is 5.34. The molecular formula is C12H15N3O5. The van der Waals surface area contributed by atoms with Gasteiger partial charge < -0.3 is 9.84 Å². The van der Waals surface area contributed by atoms with Gasteiger partial charge in [0.1, 0.15) is 18.4 Å². The van der Waals surface area contributed by atoms with Crippen molar-refractivity contribution in [1.82, 2.24) is 9.88 Å². The second-order valence-corrected chi connectivity index (χ2v) is 4.51. The Morgan fingerprint density at radius 3 is 2.80 bits per heavy atom. The van der Waals surface area contributed by atoms with Crippen molar-refractivity contribution in [1.29, 1.82) is 0 Å². The summed E-state index contributed by atoms with van der Waals surface area (Å²) in [7, 11) is 0. The molecule has 8 heteroatoms. The van der Waals surface area contributed by atoms with Crippen LogP contribution in [-0.2, 0) is 0 Å². The highest BCUT2D eigenvalue weighted by Gasteiger charge is 2.19. The molecule has 0 aliphatic carbocycles. The van der Waals surface area contributed by atoms with Gasteiger partial charge >= 0.3 is 5.97 Å². The van der Waals surface area contributed by atoms with E-state index in [9.17, 15) is 14.9 Å². The van der Waals surface area contributed by atoms with Crippen LogP contribution in [0.5, 0.6) is 5.88 Å². The Bertz CT molecular complexity index is 514. The molecule has 0 unspecified atom stereocenters. The molecule has 8 nitrogen and oxygen atoms in total. The second kappa shape index (κ2) is 6.29. The number of carboxylic acids is 1. The van der Waals surface area contributed by atoms with E-state index in [2.05, 4.69) is 9.88 Å². The van der Waals surface area contributed by atoms with Crippen LogP contribution in [0.25, 0.3) is 0 Å². The van der Waals surface area contributed by atoms with Crippen LogP contribution in [0.15, 0.2) is 12.3 Å². The summed E-state index contributed by atoms with van der Waals surface area (Å²) in [4.78, 5) is 26.9. The minimum absolute atomic E-state index is 0.0812. The van der Waals surface area contributed by atoms with E-state index >= 15 is 0 Å². The fraction of sp³-hybridized carbons (Fsp3) is 0.500. The van der Waals surface area contributed by atoms with Gasteiger partial charge in [0, 0.05) is 12.6 Å². The number of carboxylic acid groups (broad SMARTS) is 1.